The summed E-state index contributed by atoms with van der Waals surface area (Å²) in [6, 6.07) is 0. The largest absolute Gasteiger partial charge is 0.299 e. The van der Waals surface area contributed by atoms with E-state index >= 15 is 0 Å². The third-order valence-corrected chi connectivity index (χ3v) is 3.68. The van der Waals surface area contributed by atoms with Crippen LogP contribution < -0.4 is 0 Å². The van der Waals surface area contributed by atoms with Gasteiger partial charge < -0.3 is 0 Å². The first-order valence-corrected chi connectivity index (χ1v) is 6.41. The standard InChI is InChI=1S/C13H19N3/c1-2-16-6-5-12-11(9-16)8-14-13(15-12)7-10-3-4-10/h8,10H,2-7,9H2,1H3. The van der Waals surface area contributed by atoms with Crippen LogP contribution in [0.15, 0.2) is 6.20 Å². The van der Waals surface area contributed by atoms with E-state index in [0.717, 1.165) is 44.2 Å². The van der Waals surface area contributed by atoms with Crippen LogP contribution in [0, 0.1) is 5.92 Å². The molecule has 86 valence electrons. The molecule has 0 saturated heterocycles. The summed E-state index contributed by atoms with van der Waals surface area (Å²) < 4.78 is 0. The molecule has 1 aliphatic heterocycles. The summed E-state index contributed by atoms with van der Waals surface area (Å²) in [6.07, 6.45) is 7.02. The average Bonchev–Trinajstić information content (AvgIpc) is 3.12. The number of likely N-dealkylation sites (N-methyl/N-ethyl adjacent to an activating group) is 1. The summed E-state index contributed by atoms with van der Waals surface area (Å²) in [5.74, 6) is 1.96. The molecular weight excluding hydrogens is 198 g/mol. The highest BCUT2D eigenvalue weighted by molar-refractivity contribution is 5.20. The second kappa shape index (κ2) is 4.13. The van der Waals surface area contributed by atoms with Gasteiger partial charge in [-0.2, -0.15) is 0 Å². The Morgan fingerprint density at radius 3 is 3.06 bits per heavy atom. The van der Waals surface area contributed by atoms with Crippen LogP contribution in [0.3, 0.4) is 0 Å². The maximum absolute atomic E-state index is 4.72. The minimum absolute atomic E-state index is 0.883. The fraction of sp³-hybridized carbons (Fsp3) is 0.692. The van der Waals surface area contributed by atoms with Gasteiger partial charge in [-0.15, -0.1) is 0 Å². The quantitative estimate of drug-likeness (QED) is 0.773. The van der Waals surface area contributed by atoms with Crippen LogP contribution in [0.4, 0.5) is 0 Å². The van der Waals surface area contributed by atoms with E-state index in [4.69, 9.17) is 4.98 Å². The van der Waals surface area contributed by atoms with Crippen molar-refractivity contribution < 1.29 is 0 Å². The minimum atomic E-state index is 0.883. The van der Waals surface area contributed by atoms with Crippen molar-refractivity contribution in [2.75, 3.05) is 13.1 Å². The van der Waals surface area contributed by atoms with Crippen molar-refractivity contribution in [3.05, 3.63) is 23.3 Å². The predicted octanol–water partition coefficient (Wildman–Crippen LogP) is 1.81. The van der Waals surface area contributed by atoms with Gasteiger partial charge in [0.1, 0.15) is 5.82 Å². The Balaban J connectivity index is 1.77. The first-order chi connectivity index (χ1) is 7.85. The molecule has 2 heterocycles. The Hall–Kier alpha value is -0.960. The molecule has 0 aromatic carbocycles. The third kappa shape index (κ3) is 2.09. The van der Waals surface area contributed by atoms with Gasteiger partial charge in [-0.3, -0.25) is 4.90 Å². The number of rotatable bonds is 3. The van der Waals surface area contributed by atoms with Crippen molar-refractivity contribution in [2.24, 2.45) is 5.92 Å². The number of hydrogen-bond acceptors (Lipinski definition) is 3. The third-order valence-electron chi connectivity index (χ3n) is 3.68. The molecule has 0 atom stereocenters. The highest BCUT2D eigenvalue weighted by Crippen LogP contribution is 2.31. The fourth-order valence-electron chi connectivity index (χ4n) is 2.36. The van der Waals surface area contributed by atoms with Gasteiger partial charge in [0, 0.05) is 43.4 Å². The summed E-state index contributed by atoms with van der Waals surface area (Å²) in [5.41, 5.74) is 2.64. The van der Waals surface area contributed by atoms with Gasteiger partial charge in [0.2, 0.25) is 0 Å². The summed E-state index contributed by atoms with van der Waals surface area (Å²) in [4.78, 5) is 11.7. The molecule has 16 heavy (non-hydrogen) atoms. The molecular formula is C13H19N3. The number of nitrogens with zero attached hydrogens (tertiary/aromatic N) is 3. The van der Waals surface area contributed by atoms with Crippen LogP contribution in [-0.4, -0.2) is 28.0 Å². The lowest BCUT2D eigenvalue weighted by molar-refractivity contribution is 0.264. The normalized spacial score (nSPS) is 20.8. The van der Waals surface area contributed by atoms with Crippen molar-refractivity contribution in [2.45, 2.75) is 39.2 Å². The van der Waals surface area contributed by atoms with Crippen molar-refractivity contribution in [3.63, 3.8) is 0 Å². The molecule has 3 heteroatoms. The molecule has 1 aromatic heterocycles. The summed E-state index contributed by atoms with van der Waals surface area (Å²) in [7, 11) is 0. The van der Waals surface area contributed by atoms with Gasteiger partial charge in [0.05, 0.1) is 0 Å². The van der Waals surface area contributed by atoms with E-state index in [1.54, 1.807) is 0 Å². The summed E-state index contributed by atoms with van der Waals surface area (Å²) in [5, 5.41) is 0. The molecule has 3 nitrogen and oxygen atoms in total. The van der Waals surface area contributed by atoms with E-state index < -0.39 is 0 Å². The van der Waals surface area contributed by atoms with Crippen LogP contribution in [0.5, 0.6) is 0 Å². The van der Waals surface area contributed by atoms with E-state index in [1.807, 2.05) is 0 Å². The van der Waals surface area contributed by atoms with E-state index in [-0.39, 0.29) is 0 Å². The van der Waals surface area contributed by atoms with Crippen molar-refractivity contribution in [1.29, 1.82) is 0 Å². The van der Waals surface area contributed by atoms with Crippen molar-refractivity contribution >= 4 is 0 Å². The maximum Gasteiger partial charge on any atom is 0.128 e. The molecule has 0 unspecified atom stereocenters. The topological polar surface area (TPSA) is 29.0 Å². The first kappa shape index (κ1) is 10.2. The number of hydrogen-bond donors (Lipinski definition) is 0. The number of aromatic nitrogens is 2. The highest BCUT2D eigenvalue weighted by Gasteiger charge is 2.24. The summed E-state index contributed by atoms with van der Waals surface area (Å²) >= 11 is 0. The monoisotopic (exact) mass is 217 g/mol. The maximum atomic E-state index is 4.72. The molecule has 1 saturated carbocycles. The van der Waals surface area contributed by atoms with Crippen molar-refractivity contribution in [3.8, 4) is 0 Å². The highest BCUT2D eigenvalue weighted by atomic mass is 15.1. The lowest BCUT2D eigenvalue weighted by Crippen LogP contribution is -2.31. The van der Waals surface area contributed by atoms with E-state index in [9.17, 15) is 0 Å². The average molecular weight is 217 g/mol. The molecule has 1 aliphatic carbocycles. The summed E-state index contributed by atoms with van der Waals surface area (Å²) in [6.45, 7) is 5.54. The van der Waals surface area contributed by atoms with Gasteiger partial charge in [0.15, 0.2) is 0 Å². The first-order valence-electron chi connectivity index (χ1n) is 6.41. The Morgan fingerprint density at radius 2 is 2.31 bits per heavy atom. The van der Waals surface area contributed by atoms with E-state index in [0.29, 0.717) is 0 Å². The second-order valence-corrected chi connectivity index (χ2v) is 5.02. The van der Waals surface area contributed by atoms with Gasteiger partial charge >= 0.3 is 0 Å². The van der Waals surface area contributed by atoms with Crippen LogP contribution >= 0.6 is 0 Å². The van der Waals surface area contributed by atoms with Crippen molar-refractivity contribution in [1.82, 2.24) is 14.9 Å². The molecule has 3 rings (SSSR count). The molecule has 1 aromatic rings. The van der Waals surface area contributed by atoms with Gasteiger partial charge in [-0.1, -0.05) is 6.92 Å². The molecule has 0 bridgehead atoms. The zero-order valence-corrected chi connectivity index (χ0v) is 9.95. The zero-order valence-electron chi connectivity index (χ0n) is 9.95. The van der Waals surface area contributed by atoms with Gasteiger partial charge in [0.25, 0.3) is 0 Å². The van der Waals surface area contributed by atoms with E-state index in [1.165, 1.54) is 24.1 Å². The smallest absolute Gasteiger partial charge is 0.128 e. The minimum Gasteiger partial charge on any atom is -0.299 e. The lowest BCUT2D eigenvalue weighted by Gasteiger charge is -2.26. The molecule has 0 spiro atoms. The second-order valence-electron chi connectivity index (χ2n) is 5.02. The Bertz CT molecular complexity index is 385. The predicted molar refractivity (Wildman–Crippen MR) is 63.1 cm³/mol. The van der Waals surface area contributed by atoms with Crippen LogP contribution in [-0.2, 0) is 19.4 Å². The molecule has 0 radical (unpaired) electrons. The SMILES string of the molecule is CCN1CCc2nc(CC3CC3)ncc2C1. The molecule has 1 fully saturated rings. The zero-order chi connectivity index (χ0) is 11.0. The Kier molecular flexibility index (Phi) is 2.64. The van der Waals surface area contributed by atoms with Gasteiger partial charge in [-0.05, 0) is 25.3 Å². The molecule has 0 N–H and O–H groups in total. The molecule has 0 amide bonds. The molecule has 2 aliphatic rings. The Morgan fingerprint density at radius 1 is 1.44 bits per heavy atom. The van der Waals surface area contributed by atoms with Crippen LogP contribution in [0.25, 0.3) is 0 Å². The lowest BCUT2D eigenvalue weighted by atomic mass is 10.1. The van der Waals surface area contributed by atoms with Crippen LogP contribution in [0.1, 0.15) is 36.8 Å². The number of fused-ring (bicyclic) bond motifs is 1. The van der Waals surface area contributed by atoms with Crippen LogP contribution in [0.2, 0.25) is 0 Å². The van der Waals surface area contributed by atoms with E-state index in [2.05, 4.69) is 23.0 Å². The Labute approximate surface area is 96.9 Å². The fourth-order valence-corrected chi connectivity index (χ4v) is 2.36. The van der Waals surface area contributed by atoms with Gasteiger partial charge in [-0.25, -0.2) is 9.97 Å².